The summed E-state index contributed by atoms with van der Waals surface area (Å²) in [5.41, 5.74) is 4.35. The number of anilines is 2. The normalized spacial score (nSPS) is 17.9. The maximum absolute atomic E-state index is 13.9. The van der Waals surface area contributed by atoms with Crippen molar-refractivity contribution in [1.29, 1.82) is 0 Å². The van der Waals surface area contributed by atoms with E-state index in [1.54, 1.807) is 6.07 Å². The van der Waals surface area contributed by atoms with E-state index in [1.807, 2.05) is 47.4 Å². The van der Waals surface area contributed by atoms with Crippen LogP contribution in [0, 0.1) is 5.82 Å². The summed E-state index contributed by atoms with van der Waals surface area (Å²) >= 11 is 0. The molecule has 6 rings (SSSR count). The Kier molecular flexibility index (Phi) is 6.66. The number of benzene rings is 3. The molecule has 9 heteroatoms. The SMILES string of the molecule is CN1CCN(C(=O)Cc2ccc(NC(=C3C(=O)Nc4cc(F)ccc43)c3ccc4c(c3)OCCO4)cc2)CC1. The van der Waals surface area contributed by atoms with Gasteiger partial charge in [0, 0.05) is 43.0 Å². The molecule has 2 N–H and O–H groups in total. The van der Waals surface area contributed by atoms with Crippen molar-refractivity contribution in [2.24, 2.45) is 0 Å². The van der Waals surface area contributed by atoms with E-state index in [4.69, 9.17) is 9.47 Å². The first-order chi connectivity index (χ1) is 18.9. The zero-order chi connectivity index (χ0) is 26.9. The molecule has 0 spiro atoms. The predicted octanol–water partition coefficient (Wildman–Crippen LogP) is 3.85. The van der Waals surface area contributed by atoms with Crippen molar-refractivity contribution < 1.29 is 23.5 Å². The van der Waals surface area contributed by atoms with Gasteiger partial charge in [-0.25, -0.2) is 4.39 Å². The number of rotatable bonds is 5. The number of hydrogen-bond donors (Lipinski definition) is 2. The number of fused-ring (bicyclic) bond motifs is 2. The number of nitrogens with zero attached hydrogens (tertiary/aromatic N) is 2. The third kappa shape index (κ3) is 5.18. The van der Waals surface area contributed by atoms with Crippen LogP contribution in [0.5, 0.6) is 11.5 Å². The van der Waals surface area contributed by atoms with Crippen molar-refractivity contribution in [2.45, 2.75) is 6.42 Å². The summed E-state index contributed by atoms with van der Waals surface area (Å²) < 4.78 is 25.4. The molecule has 200 valence electrons. The van der Waals surface area contributed by atoms with Gasteiger partial charge in [0.2, 0.25) is 5.91 Å². The maximum Gasteiger partial charge on any atom is 0.258 e. The number of hydrogen-bond acceptors (Lipinski definition) is 6. The molecular weight excluding hydrogens is 499 g/mol. The molecule has 3 aromatic carbocycles. The minimum Gasteiger partial charge on any atom is -0.486 e. The number of piperazine rings is 1. The molecule has 0 bridgehead atoms. The zero-order valence-corrected chi connectivity index (χ0v) is 21.6. The highest BCUT2D eigenvalue weighted by Crippen LogP contribution is 2.40. The number of carbonyl (C=O) groups excluding carboxylic acids is 2. The molecule has 0 unspecified atom stereocenters. The minimum absolute atomic E-state index is 0.120. The molecule has 39 heavy (non-hydrogen) atoms. The number of carbonyl (C=O) groups is 2. The summed E-state index contributed by atoms with van der Waals surface area (Å²) in [6, 6.07) is 17.4. The van der Waals surface area contributed by atoms with Crippen molar-refractivity contribution >= 4 is 34.5 Å². The highest BCUT2D eigenvalue weighted by Gasteiger charge is 2.29. The first-order valence-corrected chi connectivity index (χ1v) is 13.0. The average Bonchev–Trinajstić information content (AvgIpc) is 3.27. The van der Waals surface area contributed by atoms with Crippen molar-refractivity contribution in [3.8, 4) is 11.5 Å². The number of amides is 2. The Bertz CT molecular complexity index is 1460. The van der Waals surface area contributed by atoms with E-state index < -0.39 is 5.82 Å². The van der Waals surface area contributed by atoms with Gasteiger partial charge in [0.1, 0.15) is 19.0 Å². The molecule has 0 radical (unpaired) electrons. The fraction of sp³-hybridized carbons (Fsp3) is 0.267. The number of halogens is 1. The molecule has 3 aliphatic heterocycles. The molecule has 3 aliphatic rings. The number of likely N-dealkylation sites (N-methyl/N-ethyl adjacent to an activating group) is 1. The van der Waals surface area contributed by atoms with E-state index in [-0.39, 0.29) is 11.8 Å². The van der Waals surface area contributed by atoms with E-state index in [0.29, 0.717) is 53.7 Å². The summed E-state index contributed by atoms with van der Waals surface area (Å²) in [6.07, 6.45) is 0.335. The summed E-state index contributed by atoms with van der Waals surface area (Å²) in [7, 11) is 2.06. The highest BCUT2D eigenvalue weighted by molar-refractivity contribution is 6.37. The summed E-state index contributed by atoms with van der Waals surface area (Å²) in [5, 5.41) is 6.18. The van der Waals surface area contributed by atoms with E-state index in [2.05, 4.69) is 22.6 Å². The molecule has 1 fully saturated rings. The van der Waals surface area contributed by atoms with Crippen LogP contribution in [0.2, 0.25) is 0 Å². The second-order valence-electron chi connectivity index (χ2n) is 9.94. The van der Waals surface area contributed by atoms with Gasteiger partial charge in [-0.3, -0.25) is 9.59 Å². The lowest BCUT2D eigenvalue weighted by molar-refractivity contribution is -0.132. The van der Waals surface area contributed by atoms with Crippen LogP contribution in [-0.2, 0) is 16.0 Å². The topological polar surface area (TPSA) is 83.1 Å². The first-order valence-electron chi connectivity index (χ1n) is 13.0. The predicted molar refractivity (Wildman–Crippen MR) is 147 cm³/mol. The minimum atomic E-state index is -0.425. The van der Waals surface area contributed by atoms with E-state index in [1.165, 1.54) is 12.1 Å². The Morgan fingerprint density at radius 1 is 0.949 bits per heavy atom. The maximum atomic E-state index is 13.9. The van der Waals surface area contributed by atoms with Crippen LogP contribution in [0.25, 0.3) is 11.3 Å². The molecule has 3 aromatic rings. The van der Waals surface area contributed by atoms with Crippen LogP contribution in [0.4, 0.5) is 15.8 Å². The average molecular weight is 529 g/mol. The molecule has 3 heterocycles. The van der Waals surface area contributed by atoms with Gasteiger partial charge in [0.15, 0.2) is 11.5 Å². The van der Waals surface area contributed by atoms with Crippen LogP contribution in [0.1, 0.15) is 16.7 Å². The fourth-order valence-electron chi connectivity index (χ4n) is 5.06. The van der Waals surface area contributed by atoms with Crippen molar-refractivity contribution in [3.63, 3.8) is 0 Å². The second kappa shape index (κ2) is 10.4. The monoisotopic (exact) mass is 528 g/mol. The van der Waals surface area contributed by atoms with E-state index in [9.17, 15) is 14.0 Å². The van der Waals surface area contributed by atoms with Gasteiger partial charge in [-0.15, -0.1) is 0 Å². The lowest BCUT2D eigenvalue weighted by Crippen LogP contribution is -2.47. The first kappa shape index (κ1) is 24.9. The Hall–Kier alpha value is -4.37. The van der Waals surface area contributed by atoms with Gasteiger partial charge >= 0.3 is 0 Å². The molecule has 0 aromatic heterocycles. The summed E-state index contributed by atoms with van der Waals surface area (Å²) in [6.45, 7) is 4.17. The quantitative estimate of drug-likeness (QED) is 0.490. The Morgan fingerprint density at radius 3 is 2.46 bits per heavy atom. The van der Waals surface area contributed by atoms with Gasteiger partial charge in [-0.05, 0) is 61.1 Å². The van der Waals surface area contributed by atoms with Crippen molar-refractivity contribution in [3.05, 3.63) is 83.2 Å². The lowest BCUT2D eigenvalue weighted by Gasteiger charge is -2.32. The number of ether oxygens (including phenoxy) is 2. The Morgan fingerprint density at radius 2 is 1.69 bits per heavy atom. The van der Waals surface area contributed by atoms with E-state index >= 15 is 0 Å². The molecule has 0 aliphatic carbocycles. The van der Waals surface area contributed by atoms with Crippen molar-refractivity contribution in [1.82, 2.24) is 9.80 Å². The molecule has 2 amide bonds. The fourth-order valence-corrected chi connectivity index (χ4v) is 5.06. The molecule has 8 nitrogen and oxygen atoms in total. The van der Waals surface area contributed by atoms with Crippen molar-refractivity contribution in [2.75, 3.05) is 57.1 Å². The van der Waals surface area contributed by atoms with Gasteiger partial charge in [0.05, 0.1) is 23.4 Å². The van der Waals surface area contributed by atoms with Gasteiger partial charge in [0.25, 0.3) is 5.91 Å². The number of nitrogens with one attached hydrogen (secondary N) is 2. The van der Waals surface area contributed by atoms with Crippen LogP contribution in [-0.4, -0.2) is 68.1 Å². The standard InChI is InChI=1S/C30H29FN4O4/c1-34-10-12-35(13-11-34)27(36)16-19-2-6-22(7-3-19)32-29(20-4-9-25-26(17-20)39-15-14-38-25)28-23-8-5-21(31)18-24(23)33-30(28)37/h2-9,17-18,32H,10-16H2,1H3,(H,33,37). The Labute approximate surface area is 226 Å². The van der Waals surface area contributed by atoms with Crippen LogP contribution in [0.3, 0.4) is 0 Å². The molecule has 0 saturated carbocycles. The third-order valence-electron chi connectivity index (χ3n) is 7.24. The van der Waals surface area contributed by atoms with Crippen LogP contribution in [0.15, 0.2) is 60.7 Å². The third-order valence-corrected chi connectivity index (χ3v) is 7.24. The highest BCUT2D eigenvalue weighted by atomic mass is 19.1. The van der Waals surface area contributed by atoms with Crippen LogP contribution < -0.4 is 20.1 Å². The molecular formula is C30H29FN4O4. The van der Waals surface area contributed by atoms with Gasteiger partial charge < -0.3 is 29.9 Å². The molecule has 1 saturated heterocycles. The summed E-state index contributed by atoms with van der Waals surface area (Å²) in [5.74, 6) is 0.596. The van der Waals surface area contributed by atoms with Gasteiger partial charge in [-0.2, -0.15) is 0 Å². The summed E-state index contributed by atoms with van der Waals surface area (Å²) in [4.78, 5) is 30.1. The van der Waals surface area contributed by atoms with E-state index in [0.717, 1.165) is 43.0 Å². The lowest BCUT2D eigenvalue weighted by atomic mass is 9.99. The zero-order valence-electron chi connectivity index (χ0n) is 21.6. The smallest absolute Gasteiger partial charge is 0.258 e. The van der Waals surface area contributed by atoms with Gasteiger partial charge in [-0.1, -0.05) is 12.1 Å². The largest absolute Gasteiger partial charge is 0.486 e. The second-order valence-corrected chi connectivity index (χ2v) is 9.94. The Balaban J connectivity index is 1.30. The molecule has 0 atom stereocenters. The van der Waals surface area contributed by atoms with Crippen LogP contribution >= 0.6 is 0 Å².